The predicted octanol–water partition coefficient (Wildman–Crippen LogP) is 1.03. The molecule has 3 unspecified atom stereocenters. The molecule has 9 heteroatoms. The Hall–Kier alpha value is -3.36. The molecule has 3 aliphatic carbocycles. The van der Waals surface area contributed by atoms with E-state index in [-0.39, 0.29) is 25.3 Å². The molecule has 0 radical (unpaired) electrons. The third-order valence-corrected chi connectivity index (χ3v) is 9.04. The number of rotatable bonds is 5. The number of carbonyl (C=O) groups excluding carboxylic acids is 6. The van der Waals surface area contributed by atoms with Gasteiger partial charge in [-0.25, -0.2) is 0 Å². The van der Waals surface area contributed by atoms with E-state index < -0.39 is 70.1 Å². The number of nitrogens with one attached hydrogen (secondary N) is 1. The molecule has 184 valence electrons. The summed E-state index contributed by atoms with van der Waals surface area (Å²) >= 11 is 0. The fourth-order valence-electron chi connectivity index (χ4n) is 7.66. The van der Waals surface area contributed by atoms with Crippen molar-refractivity contribution in [2.75, 3.05) is 13.1 Å². The van der Waals surface area contributed by atoms with Crippen LogP contribution in [-0.4, -0.2) is 63.7 Å². The summed E-state index contributed by atoms with van der Waals surface area (Å²) < 4.78 is 0. The first-order valence-corrected chi connectivity index (χ1v) is 12.1. The molecule has 0 aromatic heterocycles. The third-order valence-electron chi connectivity index (χ3n) is 9.04. The van der Waals surface area contributed by atoms with E-state index >= 15 is 0 Å². The van der Waals surface area contributed by atoms with Gasteiger partial charge in [-0.1, -0.05) is 25.1 Å². The molecule has 7 atom stereocenters. The summed E-state index contributed by atoms with van der Waals surface area (Å²) in [6.45, 7) is 6.76. The SMILES string of the molecule is CCN1C(=O)[C@@H]2[C@H](C1=O)C1(NC(=O)c3ccccc3)CC(C(C)=O)C2(C)[C@H]2C(=O)N(CC)C(=O)[C@H]21. The standard InChI is InChI=1S/C26H29N3O6/c1-5-28-21(32)16-18(23(28)34)26(27-20(31)14-10-8-7-9-11-14)12-15(13(3)30)25(16,4)17-19(26)24(35)29(6-2)22(17)33/h7-11,15-19H,5-6,12H2,1-4H3,(H,27,31)/t15?,16-,17+,18+,19-,25?,26?. The van der Waals surface area contributed by atoms with Crippen LogP contribution in [0, 0.1) is 35.0 Å². The molecule has 1 aromatic rings. The molecular weight excluding hydrogens is 450 g/mol. The molecule has 2 heterocycles. The minimum Gasteiger partial charge on any atom is -0.345 e. The van der Waals surface area contributed by atoms with Gasteiger partial charge in [-0.3, -0.25) is 38.6 Å². The fourth-order valence-corrected chi connectivity index (χ4v) is 7.66. The summed E-state index contributed by atoms with van der Waals surface area (Å²) in [7, 11) is 0. The van der Waals surface area contributed by atoms with E-state index in [0.717, 1.165) is 9.80 Å². The molecule has 1 N–H and O–H groups in total. The van der Waals surface area contributed by atoms with Crippen LogP contribution >= 0.6 is 0 Å². The summed E-state index contributed by atoms with van der Waals surface area (Å²) in [6, 6.07) is 8.37. The van der Waals surface area contributed by atoms with Gasteiger partial charge in [-0.15, -0.1) is 0 Å². The normalized spacial score (nSPS) is 37.5. The van der Waals surface area contributed by atoms with Crippen LogP contribution in [-0.2, 0) is 24.0 Å². The molecule has 3 saturated carbocycles. The third kappa shape index (κ3) is 2.69. The van der Waals surface area contributed by atoms with E-state index in [9.17, 15) is 28.8 Å². The number of nitrogens with zero attached hydrogens (tertiary/aromatic N) is 2. The van der Waals surface area contributed by atoms with E-state index in [1.54, 1.807) is 51.1 Å². The lowest BCUT2D eigenvalue weighted by Crippen LogP contribution is -2.77. The quantitative estimate of drug-likeness (QED) is 0.630. The van der Waals surface area contributed by atoms with Gasteiger partial charge >= 0.3 is 0 Å². The first-order chi connectivity index (χ1) is 16.6. The van der Waals surface area contributed by atoms with Crippen LogP contribution in [0.2, 0.25) is 0 Å². The van der Waals surface area contributed by atoms with E-state index in [1.165, 1.54) is 6.92 Å². The van der Waals surface area contributed by atoms with Gasteiger partial charge in [0, 0.05) is 30.0 Å². The first kappa shape index (κ1) is 23.4. The Kier molecular flexibility index (Phi) is 5.06. The van der Waals surface area contributed by atoms with Crippen molar-refractivity contribution in [3.8, 4) is 0 Å². The highest BCUT2D eigenvalue weighted by molar-refractivity contribution is 6.13. The Bertz CT molecular complexity index is 1130. The van der Waals surface area contributed by atoms with Crippen molar-refractivity contribution in [2.24, 2.45) is 35.0 Å². The number of hydrogen-bond donors (Lipinski definition) is 1. The first-order valence-electron chi connectivity index (χ1n) is 12.1. The summed E-state index contributed by atoms with van der Waals surface area (Å²) in [5.74, 6) is -7.35. The highest BCUT2D eigenvalue weighted by atomic mass is 16.2. The Morgan fingerprint density at radius 2 is 1.31 bits per heavy atom. The lowest BCUT2D eigenvalue weighted by Gasteiger charge is -2.64. The Morgan fingerprint density at radius 1 is 0.857 bits per heavy atom. The van der Waals surface area contributed by atoms with Crippen molar-refractivity contribution < 1.29 is 28.8 Å². The molecule has 9 nitrogen and oxygen atoms in total. The maximum Gasteiger partial charge on any atom is 0.251 e. The molecule has 0 spiro atoms. The zero-order chi connectivity index (χ0) is 25.4. The minimum atomic E-state index is -1.54. The van der Waals surface area contributed by atoms with Crippen LogP contribution in [0.15, 0.2) is 30.3 Å². The number of carbonyl (C=O) groups is 6. The zero-order valence-electron chi connectivity index (χ0n) is 20.2. The number of ketones is 1. The summed E-state index contributed by atoms with van der Waals surface area (Å²) in [6.07, 6.45) is 0.0207. The molecule has 6 rings (SSSR count). The Morgan fingerprint density at radius 3 is 1.74 bits per heavy atom. The average Bonchev–Trinajstić information content (AvgIpc) is 3.26. The van der Waals surface area contributed by atoms with Gasteiger partial charge in [-0.2, -0.15) is 0 Å². The monoisotopic (exact) mass is 479 g/mol. The van der Waals surface area contributed by atoms with Crippen molar-refractivity contribution >= 4 is 35.3 Å². The number of Topliss-reactive ketones (excluding diaryl/α,β-unsaturated/α-hetero) is 1. The summed E-state index contributed by atoms with van der Waals surface area (Å²) in [4.78, 5) is 83.5. The fraction of sp³-hybridized carbons (Fsp3) is 0.538. The van der Waals surface area contributed by atoms with E-state index in [2.05, 4.69) is 5.32 Å². The van der Waals surface area contributed by atoms with Gasteiger partial charge in [0.05, 0.1) is 29.2 Å². The number of amides is 5. The number of hydrogen-bond acceptors (Lipinski definition) is 6. The molecule has 2 saturated heterocycles. The van der Waals surface area contributed by atoms with E-state index in [0.29, 0.717) is 5.56 Å². The maximum absolute atomic E-state index is 13.7. The molecule has 5 amide bonds. The average molecular weight is 480 g/mol. The van der Waals surface area contributed by atoms with Crippen LogP contribution in [0.1, 0.15) is 44.5 Å². The van der Waals surface area contributed by atoms with Gasteiger partial charge < -0.3 is 5.32 Å². The predicted molar refractivity (Wildman–Crippen MR) is 122 cm³/mol. The molecule has 35 heavy (non-hydrogen) atoms. The van der Waals surface area contributed by atoms with Gasteiger partial charge in [-0.05, 0) is 39.3 Å². The topological polar surface area (TPSA) is 121 Å². The van der Waals surface area contributed by atoms with Crippen LogP contribution in [0.4, 0.5) is 0 Å². The van der Waals surface area contributed by atoms with Crippen LogP contribution in [0.5, 0.6) is 0 Å². The van der Waals surface area contributed by atoms with Gasteiger partial charge in [0.1, 0.15) is 5.78 Å². The highest BCUT2D eigenvalue weighted by Crippen LogP contribution is 2.70. The number of benzene rings is 1. The smallest absolute Gasteiger partial charge is 0.251 e. The minimum absolute atomic E-state index is 0.0207. The largest absolute Gasteiger partial charge is 0.345 e. The van der Waals surface area contributed by atoms with Crippen LogP contribution < -0.4 is 5.32 Å². The Balaban J connectivity index is 1.77. The second kappa shape index (κ2) is 7.57. The molecule has 1 aromatic carbocycles. The van der Waals surface area contributed by atoms with E-state index in [1.807, 2.05) is 0 Å². The number of fused-ring (bicyclic) bond motifs is 1. The van der Waals surface area contributed by atoms with Crippen LogP contribution in [0.25, 0.3) is 0 Å². The Labute approximate surface area is 203 Å². The molecule has 2 aliphatic heterocycles. The summed E-state index contributed by atoms with van der Waals surface area (Å²) in [5.41, 5.74) is -2.43. The van der Waals surface area contributed by atoms with Crippen molar-refractivity contribution in [2.45, 2.75) is 39.7 Å². The molecule has 5 fully saturated rings. The maximum atomic E-state index is 13.7. The van der Waals surface area contributed by atoms with Crippen molar-refractivity contribution in [1.82, 2.24) is 15.1 Å². The van der Waals surface area contributed by atoms with E-state index in [4.69, 9.17) is 0 Å². The molecule has 5 aliphatic rings. The number of likely N-dealkylation sites (tertiary alicyclic amines) is 2. The van der Waals surface area contributed by atoms with Gasteiger partial charge in [0.25, 0.3) is 5.91 Å². The lowest BCUT2D eigenvalue weighted by atomic mass is 9.37. The van der Waals surface area contributed by atoms with Gasteiger partial charge in [0.15, 0.2) is 0 Å². The molecular formula is C26H29N3O6. The lowest BCUT2D eigenvalue weighted by molar-refractivity contribution is -0.189. The second-order valence-corrected chi connectivity index (χ2v) is 10.3. The van der Waals surface area contributed by atoms with Gasteiger partial charge in [0.2, 0.25) is 23.6 Å². The van der Waals surface area contributed by atoms with Crippen molar-refractivity contribution in [3.63, 3.8) is 0 Å². The zero-order valence-corrected chi connectivity index (χ0v) is 20.2. The van der Waals surface area contributed by atoms with Crippen molar-refractivity contribution in [1.29, 1.82) is 0 Å². The highest BCUT2D eigenvalue weighted by Gasteiger charge is 2.82. The van der Waals surface area contributed by atoms with Crippen LogP contribution in [0.3, 0.4) is 0 Å². The summed E-state index contributed by atoms with van der Waals surface area (Å²) in [5, 5.41) is 2.98. The number of imide groups is 2. The van der Waals surface area contributed by atoms with Crippen molar-refractivity contribution in [3.05, 3.63) is 35.9 Å². The molecule has 2 bridgehead atoms. The second-order valence-electron chi connectivity index (χ2n) is 10.3.